The van der Waals surface area contributed by atoms with E-state index in [9.17, 15) is 0 Å². The Labute approximate surface area is 127 Å². The Kier molecular flexibility index (Phi) is 3.28. The Morgan fingerprint density at radius 3 is 2.70 bits per heavy atom. The lowest BCUT2D eigenvalue weighted by Crippen LogP contribution is -2.22. The van der Waals surface area contributed by atoms with Crippen LogP contribution in [0.2, 0.25) is 0 Å². The molecule has 0 fully saturated rings. The summed E-state index contributed by atoms with van der Waals surface area (Å²) in [5, 5.41) is 8.38. The van der Waals surface area contributed by atoms with Gasteiger partial charge in [0.05, 0.1) is 5.52 Å². The molecule has 0 aliphatic carbocycles. The van der Waals surface area contributed by atoms with Gasteiger partial charge in [-0.2, -0.15) is 5.10 Å². The minimum atomic E-state index is 0.402. The van der Waals surface area contributed by atoms with Gasteiger partial charge in [-0.1, -0.05) is 13.0 Å². The Balaban J connectivity index is 2.14. The monoisotopic (exact) mass is 331 g/mol. The summed E-state index contributed by atoms with van der Waals surface area (Å²) in [6.45, 7) is 8.68. The van der Waals surface area contributed by atoms with Crippen LogP contribution in [-0.2, 0) is 0 Å². The largest absolute Gasteiger partial charge is 0.270 e. The number of fused-ring (bicyclic) bond motifs is 1. The lowest BCUT2D eigenvalue weighted by Gasteiger charge is -2.30. The van der Waals surface area contributed by atoms with Crippen LogP contribution in [0.1, 0.15) is 39.2 Å². The number of aliphatic imine (C=N–C) groups is 1. The van der Waals surface area contributed by atoms with Gasteiger partial charge in [0.15, 0.2) is 0 Å². The highest BCUT2D eigenvalue weighted by atomic mass is 79.9. The van der Waals surface area contributed by atoms with E-state index in [1.54, 1.807) is 0 Å². The van der Waals surface area contributed by atoms with Crippen LogP contribution in [0.25, 0.3) is 10.9 Å². The van der Waals surface area contributed by atoms with Gasteiger partial charge in [-0.3, -0.25) is 10.1 Å². The van der Waals surface area contributed by atoms with Crippen molar-refractivity contribution in [3.63, 3.8) is 0 Å². The first kappa shape index (κ1) is 13.6. The fourth-order valence-corrected chi connectivity index (χ4v) is 3.43. The minimum absolute atomic E-state index is 0.402. The van der Waals surface area contributed by atoms with Gasteiger partial charge in [-0.15, -0.1) is 0 Å². The first-order valence-electron chi connectivity index (χ1n) is 6.85. The molecule has 0 bridgehead atoms. The van der Waals surface area contributed by atoms with Crippen molar-refractivity contribution in [3.8, 4) is 0 Å². The average molecular weight is 332 g/mol. The zero-order valence-electron chi connectivity index (χ0n) is 12.2. The summed E-state index contributed by atoms with van der Waals surface area (Å²) in [6.07, 6.45) is 0. The van der Waals surface area contributed by atoms with Gasteiger partial charge < -0.3 is 0 Å². The van der Waals surface area contributed by atoms with Crippen molar-refractivity contribution in [1.82, 2.24) is 10.2 Å². The van der Waals surface area contributed by atoms with Gasteiger partial charge >= 0.3 is 0 Å². The number of hydrogen-bond acceptors (Lipinski definition) is 2. The summed E-state index contributed by atoms with van der Waals surface area (Å²) in [7, 11) is 0. The highest BCUT2D eigenvalue weighted by Crippen LogP contribution is 2.39. The molecule has 4 heteroatoms. The van der Waals surface area contributed by atoms with Crippen LogP contribution in [0.15, 0.2) is 39.1 Å². The summed E-state index contributed by atoms with van der Waals surface area (Å²) >= 11 is 3.53. The first-order valence-corrected chi connectivity index (χ1v) is 7.64. The number of rotatable bonds is 1. The third-order valence-electron chi connectivity index (χ3n) is 4.43. The molecule has 1 N–H and O–H groups in total. The fourth-order valence-electron chi connectivity index (χ4n) is 3.02. The van der Waals surface area contributed by atoms with Gasteiger partial charge in [0, 0.05) is 28.6 Å². The van der Waals surface area contributed by atoms with Crippen LogP contribution in [-0.4, -0.2) is 15.9 Å². The average Bonchev–Trinajstić information content (AvgIpc) is 2.79. The van der Waals surface area contributed by atoms with Crippen LogP contribution in [0.3, 0.4) is 0 Å². The number of benzene rings is 1. The third-order valence-corrected chi connectivity index (χ3v) is 5.04. The van der Waals surface area contributed by atoms with E-state index in [0.717, 1.165) is 21.2 Å². The molecule has 2 aromatic rings. The van der Waals surface area contributed by atoms with Crippen LogP contribution >= 0.6 is 15.9 Å². The number of nitrogens with zero attached hydrogens (tertiary/aromatic N) is 2. The van der Waals surface area contributed by atoms with Gasteiger partial charge in [0.2, 0.25) is 0 Å². The molecule has 3 nitrogen and oxygen atoms in total. The SMILES string of the molecule is CC1=NC(C)=C(C)C(c2ccc3n[nH]c(Br)c3c2)C1C. The lowest BCUT2D eigenvalue weighted by atomic mass is 9.77. The summed E-state index contributed by atoms with van der Waals surface area (Å²) in [6, 6.07) is 6.51. The Morgan fingerprint density at radius 1 is 1.20 bits per heavy atom. The second-order valence-corrected chi connectivity index (χ2v) is 6.40. The van der Waals surface area contributed by atoms with Gasteiger partial charge in [-0.25, -0.2) is 0 Å². The molecule has 3 rings (SSSR count). The molecule has 0 saturated heterocycles. The highest BCUT2D eigenvalue weighted by Gasteiger charge is 2.28. The molecule has 1 aromatic heterocycles. The van der Waals surface area contributed by atoms with E-state index in [1.165, 1.54) is 16.8 Å². The van der Waals surface area contributed by atoms with E-state index >= 15 is 0 Å². The quantitative estimate of drug-likeness (QED) is 0.800. The molecule has 2 heterocycles. The van der Waals surface area contributed by atoms with E-state index in [4.69, 9.17) is 0 Å². The van der Waals surface area contributed by atoms with Crippen LogP contribution < -0.4 is 0 Å². The third kappa shape index (κ3) is 2.03. The normalized spacial score (nSPS) is 23.4. The predicted octanol–water partition coefficient (Wildman–Crippen LogP) is 4.81. The smallest absolute Gasteiger partial charge is 0.108 e. The molecular weight excluding hydrogens is 314 g/mol. The standard InChI is InChI=1S/C16H18BrN3/c1-8-10(3)18-11(4)9(2)15(8)12-5-6-14-13(7-12)16(17)20-19-14/h5-8,15H,1-4H3,(H,19,20). The molecule has 1 aromatic carbocycles. The number of aromatic amines is 1. The fraction of sp³-hybridized carbons (Fsp3) is 0.375. The van der Waals surface area contributed by atoms with Crippen molar-refractivity contribution in [2.24, 2.45) is 10.9 Å². The molecule has 0 radical (unpaired) electrons. The van der Waals surface area contributed by atoms with Gasteiger partial charge in [0.1, 0.15) is 4.60 Å². The maximum Gasteiger partial charge on any atom is 0.108 e. The lowest BCUT2D eigenvalue weighted by molar-refractivity contribution is 0.624. The summed E-state index contributed by atoms with van der Waals surface area (Å²) < 4.78 is 0.946. The molecule has 20 heavy (non-hydrogen) atoms. The van der Waals surface area contributed by atoms with Crippen LogP contribution in [0.5, 0.6) is 0 Å². The molecular formula is C16H18BrN3. The predicted molar refractivity (Wildman–Crippen MR) is 87.2 cm³/mol. The molecule has 104 valence electrons. The Hall–Kier alpha value is -1.42. The van der Waals surface area contributed by atoms with Crippen molar-refractivity contribution >= 4 is 32.5 Å². The zero-order valence-corrected chi connectivity index (χ0v) is 13.7. The second kappa shape index (κ2) is 4.85. The van der Waals surface area contributed by atoms with Gasteiger partial charge in [-0.05, 0) is 60.0 Å². The second-order valence-electron chi connectivity index (χ2n) is 5.60. The van der Waals surface area contributed by atoms with Crippen molar-refractivity contribution in [2.45, 2.75) is 33.6 Å². The molecule has 1 aliphatic rings. The number of hydrogen-bond donors (Lipinski definition) is 1. The minimum Gasteiger partial charge on any atom is -0.270 e. The number of halogens is 1. The first-order chi connectivity index (χ1) is 9.49. The van der Waals surface area contributed by atoms with Crippen LogP contribution in [0, 0.1) is 5.92 Å². The van der Waals surface area contributed by atoms with E-state index in [2.05, 4.69) is 77.0 Å². The Morgan fingerprint density at radius 2 is 1.95 bits per heavy atom. The van der Waals surface area contributed by atoms with Crippen molar-refractivity contribution < 1.29 is 0 Å². The number of nitrogens with one attached hydrogen (secondary N) is 1. The van der Waals surface area contributed by atoms with E-state index in [1.807, 2.05) is 0 Å². The number of aromatic nitrogens is 2. The number of allylic oxidation sites excluding steroid dienone is 2. The highest BCUT2D eigenvalue weighted by molar-refractivity contribution is 9.10. The summed E-state index contributed by atoms with van der Waals surface area (Å²) in [4.78, 5) is 4.66. The van der Waals surface area contributed by atoms with Crippen LogP contribution in [0.4, 0.5) is 0 Å². The van der Waals surface area contributed by atoms with E-state index < -0.39 is 0 Å². The van der Waals surface area contributed by atoms with Crippen molar-refractivity contribution in [1.29, 1.82) is 0 Å². The van der Waals surface area contributed by atoms with Gasteiger partial charge in [0.25, 0.3) is 0 Å². The Bertz CT molecular complexity index is 739. The summed E-state index contributed by atoms with van der Waals surface area (Å²) in [5.41, 5.74) is 6.05. The topological polar surface area (TPSA) is 41.0 Å². The molecule has 1 aliphatic heterocycles. The molecule has 0 spiro atoms. The molecule has 2 atom stereocenters. The maximum atomic E-state index is 4.66. The number of H-pyrrole nitrogens is 1. The molecule has 2 unspecified atom stereocenters. The maximum absolute atomic E-state index is 4.66. The zero-order chi connectivity index (χ0) is 14.4. The van der Waals surface area contributed by atoms with Crippen molar-refractivity contribution in [2.75, 3.05) is 0 Å². The van der Waals surface area contributed by atoms with E-state index in [-0.39, 0.29) is 0 Å². The molecule has 0 saturated carbocycles. The molecule has 0 amide bonds. The van der Waals surface area contributed by atoms with E-state index in [0.29, 0.717) is 11.8 Å². The van der Waals surface area contributed by atoms with Crippen molar-refractivity contribution in [3.05, 3.63) is 39.6 Å². The summed E-state index contributed by atoms with van der Waals surface area (Å²) in [5.74, 6) is 0.834.